The van der Waals surface area contributed by atoms with Crippen LogP contribution in [0.1, 0.15) is 22.5 Å². The zero-order chi connectivity index (χ0) is 27.5. The Morgan fingerprint density at radius 2 is 1.13 bits per heavy atom. The van der Waals surface area contributed by atoms with Crippen LogP contribution in [0.2, 0.25) is 0 Å². The van der Waals surface area contributed by atoms with Crippen molar-refractivity contribution in [3.05, 3.63) is 95.3 Å². The number of aromatic nitrogens is 1. The summed E-state index contributed by atoms with van der Waals surface area (Å²) < 4.78 is 62.7. The van der Waals surface area contributed by atoms with Gasteiger partial charge in [0.15, 0.2) is 0 Å². The molecular weight excluding hydrogens is 558 g/mol. The predicted octanol–water partition coefficient (Wildman–Crippen LogP) is 4.17. The van der Waals surface area contributed by atoms with Crippen molar-refractivity contribution in [1.29, 1.82) is 0 Å². The first-order chi connectivity index (χ1) is 18.0. The van der Waals surface area contributed by atoms with E-state index in [0.29, 0.717) is 35.6 Å². The van der Waals surface area contributed by atoms with Crippen molar-refractivity contribution < 1.29 is 21.6 Å². The smallest absolute Gasteiger partial charge is 0.243 e. The van der Waals surface area contributed by atoms with Gasteiger partial charge in [-0.25, -0.2) is 16.8 Å². The molecule has 39 heavy (non-hydrogen) atoms. The lowest BCUT2D eigenvalue weighted by Crippen LogP contribution is -2.40. The molecule has 2 aromatic carbocycles. The van der Waals surface area contributed by atoms with E-state index in [4.69, 9.17) is 9.72 Å². The standard InChI is InChI=1S/C28H33N3O5S2.ClH/c1-21-5-9-27(10-6-21)37(32,33)30-15-13-24-17-26(36-4)18-25(29-24)14-16-31(20-23(3)19-30)38(34,35)28-11-7-22(2)8-12-28;/h5-12,17-18H,3,13-16,19-20H2,1-2,4H3;1H. The van der Waals surface area contributed by atoms with E-state index in [2.05, 4.69) is 6.58 Å². The van der Waals surface area contributed by atoms with Gasteiger partial charge in [-0.2, -0.15) is 8.61 Å². The lowest BCUT2D eigenvalue weighted by molar-refractivity contribution is 0.396. The minimum atomic E-state index is -3.87. The molecule has 0 saturated carbocycles. The number of sulfonamides is 2. The van der Waals surface area contributed by atoms with Gasteiger partial charge >= 0.3 is 0 Å². The first kappa shape index (κ1) is 30.8. The monoisotopic (exact) mass is 591 g/mol. The average molecular weight is 592 g/mol. The molecule has 0 spiro atoms. The van der Waals surface area contributed by atoms with Crippen molar-refractivity contribution in [2.45, 2.75) is 36.5 Å². The van der Waals surface area contributed by atoms with Crippen LogP contribution in [-0.2, 0) is 32.9 Å². The second-order valence-corrected chi connectivity index (χ2v) is 13.4. The average Bonchev–Trinajstić information content (AvgIpc) is 2.88. The highest BCUT2D eigenvalue weighted by molar-refractivity contribution is 7.89. The Labute approximate surface area is 237 Å². The first-order valence-electron chi connectivity index (χ1n) is 12.3. The van der Waals surface area contributed by atoms with Gasteiger partial charge in [0.25, 0.3) is 0 Å². The summed E-state index contributed by atoms with van der Waals surface area (Å²) in [4.78, 5) is 5.04. The van der Waals surface area contributed by atoms with Gasteiger partial charge in [0.2, 0.25) is 20.0 Å². The second kappa shape index (κ2) is 12.6. The van der Waals surface area contributed by atoms with E-state index in [1.54, 1.807) is 67.8 Å². The van der Waals surface area contributed by atoms with Crippen LogP contribution in [0.4, 0.5) is 0 Å². The van der Waals surface area contributed by atoms with Crippen LogP contribution in [0.3, 0.4) is 0 Å². The van der Waals surface area contributed by atoms with E-state index in [1.807, 2.05) is 13.8 Å². The van der Waals surface area contributed by atoms with E-state index in [0.717, 1.165) is 11.1 Å². The van der Waals surface area contributed by atoms with Crippen LogP contribution in [0.5, 0.6) is 5.75 Å². The van der Waals surface area contributed by atoms with E-state index in [9.17, 15) is 16.8 Å². The lowest BCUT2D eigenvalue weighted by Gasteiger charge is -2.28. The van der Waals surface area contributed by atoms with Crippen molar-refractivity contribution in [3.63, 3.8) is 0 Å². The predicted molar refractivity (Wildman–Crippen MR) is 154 cm³/mol. The molecule has 210 valence electrons. The number of pyridine rings is 1. The summed E-state index contributed by atoms with van der Waals surface area (Å²) in [6, 6.07) is 16.9. The van der Waals surface area contributed by atoms with Gasteiger partial charge < -0.3 is 4.74 Å². The molecule has 0 radical (unpaired) electrons. The zero-order valence-corrected chi connectivity index (χ0v) is 24.8. The molecule has 0 N–H and O–H groups in total. The Bertz CT molecular complexity index is 1410. The number of hydrogen-bond donors (Lipinski definition) is 0. The number of methoxy groups -OCH3 is 1. The van der Waals surface area contributed by atoms with Gasteiger partial charge in [-0.3, -0.25) is 4.98 Å². The van der Waals surface area contributed by atoms with Gasteiger partial charge in [0, 0.05) is 62.5 Å². The van der Waals surface area contributed by atoms with E-state index in [1.165, 1.54) is 8.61 Å². The third-order valence-electron chi connectivity index (χ3n) is 6.49. The first-order valence-corrected chi connectivity index (χ1v) is 15.2. The molecule has 4 rings (SSSR count). The Balaban J connectivity index is 0.00000420. The van der Waals surface area contributed by atoms with Crippen molar-refractivity contribution in [1.82, 2.24) is 13.6 Å². The third-order valence-corrected chi connectivity index (χ3v) is 10.2. The Kier molecular flexibility index (Phi) is 9.95. The van der Waals surface area contributed by atoms with Crippen molar-refractivity contribution >= 4 is 32.5 Å². The minimum Gasteiger partial charge on any atom is -0.497 e. The molecule has 0 saturated heterocycles. The molecule has 1 aromatic heterocycles. The van der Waals surface area contributed by atoms with Crippen LogP contribution < -0.4 is 4.74 Å². The van der Waals surface area contributed by atoms with Crippen LogP contribution >= 0.6 is 12.4 Å². The number of benzene rings is 2. The Morgan fingerprint density at radius 3 is 1.49 bits per heavy atom. The lowest BCUT2D eigenvalue weighted by atomic mass is 10.2. The maximum atomic E-state index is 13.6. The number of fused-ring (bicyclic) bond motifs is 2. The molecule has 2 bridgehead atoms. The summed E-state index contributed by atoms with van der Waals surface area (Å²) in [5.74, 6) is 0.590. The summed E-state index contributed by atoms with van der Waals surface area (Å²) in [6.45, 7) is 8.14. The van der Waals surface area contributed by atoms with Gasteiger partial charge in [-0.1, -0.05) is 42.0 Å². The molecule has 1 aliphatic rings. The molecule has 0 atom stereocenters. The normalized spacial score (nSPS) is 16.0. The van der Waals surface area contributed by atoms with Gasteiger partial charge in [-0.05, 0) is 43.7 Å². The molecule has 1 aliphatic heterocycles. The topological polar surface area (TPSA) is 96.9 Å². The molecular formula is C28H34ClN3O5S2. The van der Waals surface area contributed by atoms with E-state index < -0.39 is 20.0 Å². The second-order valence-electron chi connectivity index (χ2n) is 9.54. The van der Waals surface area contributed by atoms with E-state index in [-0.39, 0.29) is 48.4 Å². The Hall–Kier alpha value is -2.76. The van der Waals surface area contributed by atoms with Gasteiger partial charge in [0.1, 0.15) is 5.75 Å². The highest BCUT2D eigenvalue weighted by Crippen LogP contribution is 2.23. The fourth-order valence-corrected chi connectivity index (χ4v) is 7.23. The molecule has 0 unspecified atom stereocenters. The number of hydrogen-bond acceptors (Lipinski definition) is 6. The van der Waals surface area contributed by atoms with Crippen LogP contribution in [0.25, 0.3) is 0 Å². The number of nitrogens with zero attached hydrogens (tertiary/aromatic N) is 3. The summed E-state index contributed by atoms with van der Waals surface area (Å²) in [7, 11) is -6.19. The summed E-state index contributed by atoms with van der Waals surface area (Å²) >= 11 is 0. The van der Waals surface area contributed by atoms with Gasteiger partial charge in [-0.15, -0.1) is 12.4 Å². The largest absolute Gasteiger partial charge is 0.497 e. The quantitative estimate of drug-likeness (QED) is 0.413. The summed E-state index contributed by atoms with van der Waals surface area (Å²) in [6.07, 6.45) is 0.738. The fraction of sp³-hybridized carbons (Fsp3) is 0.321. The molecule has 0 fully saturated rings. The molecule has 0 amide bonds. The molecule has 3 aromatic rings. The van der Waals surface area contributed by atoms with Gasteiger partial charge in [0.05, 0.1) is 16.9 Å². The number of aryl methyl sites for hydroxylation is 2. The van der Waals surface area contributed by atoms with Crippen molar-refractivity contribution in [3.8, 4) is 5.75 Å². The van der Waals surface area contributed by atoms with Crippen molar-refractivity contribution in [2.24, 2.45) is 0 Å². The highest BCUT2D eigenvalue weighted by Gasteiger charge is 2.29. The van der Waals surface area contributed by atoms with Crippen LogP contribution in [0, 0.1) is 13.8 Å². The number of ether oxygens (including phenoxy) is 1. The maximum Gasteiger partial charge on any atom is 0.243 e. The maximum absolute atomic E-state index is 13.6. The third kappa shape index (κ3) is 7.26. The number of halogens is 1. The van der Waals surface area contributed by atoms with Crippen LogP contribution in [-0.4, -0.2) is 63.7 Å². The SMILES string of the molecule is C=C1CN(S(=O)(=O)c2ccc(C)cc2)CCc2cc(OC)cc(n2)CCN(S(=O)(=O)c2ccc(C)cc2)C1.Cl. The number of rotatable bonds is 5. The zero-order valence-electron chi connectivity index (χ0n) is 22.3. The summed E-state index contributed by atoms with van der Waals surface area (Å²) in [5.41, 5.74) is 3.72. The Morgan fingerprint density at radius 1 is 0.744 bits per heavy atom. The van der Waals surface area contributed by atoms with E-state index >= 15 is 0 Å². The summed E-state index contributed by atoms with van der Waals surface area (Å²) in [5, 5.41) is 0. The molecule has 8 nitrogen and oxygen atoms in total. The minimum absolute atomic E-state index is 0. The van der Waals surface area contributed by atoms with Crippen LogP contribution in [0.15, 0.2) is 82.6 Å². The molecule has 11 heteroatoms. The molecule has 0 aliphatic carbocycles. The molecule has 2 heterocycles. The van der Waals surface area contributed by atoms with Crippen molar-refractivity contribution in [2.75, 3.05) is 33.3 Å². The highest BCUT2D eigenvalue weighted by atomic mass is 35.5. The fourth-order valence-electron chi connectivity index (χ4n) is 4.31.